The molecule has 1 aromatic rings. The van der Waals surface area contributed by atoms with E-state index >= 15 is 0 Å². The highest BCUT2D eigenvalue weighted by molar-refractivity contribution is 7.18. The van der Waals surface area contributed by atoms with Gasteiger partial charge in [-0.2, -0.15) is 0 Å². The highest BCUT2D eigenvalue weighted by atomic mass is 32.1. The Balaban J connectivity index is 2.07. The Morgan fingerprint density at radius 3 is 2.56 bits per heavy atom. The predicted octanol–water partition coefficient (Wildman–Crippen LogP) is 1.52. The van der Waals surface area contributed by atoms with Gasteiger partial charge >= 0.3 is 0 Å². The molecule has 1 aliphatic rings. The number of nitrogens with two attached hydrogens (primary N) is 1. The average Bonchev–Trinajstić information content (AvgIpc) is 2.84. The molecule has 2 atom stereocenters. The first-order chi connectivity index (χ1) is 8.40. The lowest BCUT2D eigenvalue weighted by Crippen LogP contribution is -2.29. The van der Waals surface area contributed by atoms with E-state index in [1.807, 2.05) is 26.0 Å². The number of amides is 1. The second-order valence-corrected chi connectivity index (χ2v) is 6.24. The van der Waals surface area contributed by atoms with Crippen molar-refractivity contribution in [3.63, 3.8) is 0 Å². The molecule has 1 aromatic heterocycles. The summed E-state index contributed by atoms with van der Waals surface area (Å²) in [5.41, 5.74) is 5.82. The van der Waals surface area contributed by atoms with E-state index in [9.17, 15) is 4.79 Å². The van der Waals surface area contributed by atoms with Crippen LogP contribution in [0.15, 0.2) is 0 Å². The summed E-state index contributed by atoms with van der Waals surface area (Å²) in [6.07, 6.45) is 1.22. The van der Waals surface area contributed by atoms with Crippen molar-refractivity contribution in [2.75, 3.05) is 38.3 Å². The molecule has 2 N–H and O–H groups in total. The predicted molar refractivity (Wildman–Crippen MR) is 75.1 cm³/mol. The molecule has 1 saturated carbocycles. The molecule has 1 heterocycles. The van der Waals surface area contributed by atoms with Crippen LogP contribution >= 0.6 is 11.3 Å². The van der Waals surface area contributed by atoms with Gasteiger partial charge in [0, 0.05) is 27.7 Å². The van der Waals surface area contributed by atoms with Crippen molar-refractivity contribution < 1.29 is 4.79 Å². The fourth-order valence-electron chi connectivity index (χ4n) is 1.93. The summed E-state index contributed by atoms with van der Waals surface area (Å²) in [5, 5.41) is 0.768. The third-order valence-corrected chi connectivity index (χ3v) is 4.58. The third kappa shape index (κ3) is 2.58. The second-order valence-electron chi connectivity index (χ2n) is 5.26. The fourth-order valence-corrected chi connectivity index (χ4v) is 2.83. The van der Waals surface area contributed by atoms with Gasteiger partial charge in [0.25, 0.3) is 5.91 Å². The Morgan fingerprint density at radius 2 is 2.11 bits per heavy atom. The Bertz CT molecular complexity index is 457. The zero-order valence-corrected chi connectivity index (χ0v) is 12.1. The number of hydrogen-bond donors (Lipinski definition) is 1. The van der Waals surface area contributed by atoms with Crippen molar-refractivity contribution in [2.45, 2.75) is 13.3 Å². The summed E-state index contributed by atoms with van der Waals surface area (Å²) in [7, 11) is 5.62. The lowest BCUT2D eigenvalue weighted by molar-refractivity contribution is 0.0792. The van der Waals surface area contributed by atoms with E-state index in [1.165, 1.54) is 17.8 Å². The molecule has 2 rings (SSSR count). The van der Waals surface area contributed by atoms with Gasteiger partial charge in [-0.1, -0.05) is 18.3 Å². The Morgan fingerprint density at radius 1 is 1.50 bits per heavy atom. The molecule has 2 unspecified atom stereocenters. The smallest absolute Gasteiger partial charge is 0.267 e. The van der Waals surface area contributed by atoms with Crippen LogP contribution in [0.5, 0.6) is 0 Å². The standard InChI is InChI=1S/C12H20N4OS/c1-7-5-8(7)6-16(4)11(17)9-10(13)14-12(18-9)15(2)3/h7-8H,5-6,13H2,1-4H3. The molecule has 6 heteroatoms. The molecule has 0 aromatic carbocycles. The fraction of sp³-hybridized carbons (Fsp3) is 0.667. The van der Waals surface area contributed by atoms with E-state index in [2.05, 4.69) is 11.9 Å². The molecule has 100 valence electrons. The van der Waals surface area contributed by atoms with Crippen LogP contribution in [0, 0.1) is 11.8 Å². The van der Waals surface area contributed by atoms with Crippen molar-refractivity contribution in [2.24, 2.45) is 11.8 Å². The number of thiazole rings is 1. The zero-order chi connectivity index (χ0) is 13.4. The second kappa shape index (κ2) is 4.76. The summed E-state index contributed by atoms with van der Waals surface area (Å²) in [4.78, 5) is 20.6. The topological polar surface area (TPSA) is 62.5 Å². The van der Waals surface area contributed by atoms with Gasteiger partial charge in [0.15, 0.2) is 5.13 Å². The van der Waals surface area contributed by atoms with Gasteiger partial charge in [0.05, 0.1) is 0 Å². The van der Waals surface area contributed by atoms with Gasteiger partial charge in [-0.25, -0.2) is 4.98 Å². The molecular formula is C12H20N4OS. The first kappa shape index (κ1) is 13.1. The normalized spacial score (nSPS) is 21.8. The van der Waals surface area contributed by atoms with Crippen molar-refractivity contribution in [1.29, 1.82) is 0 Å². The number of carbonyl (C=O) groups excluding carboxylic acids is 1. The maximum Gasteiger partial charge on any atom is 0.267 e. The van der Waals surface area contributed by atoms with Crippen LogP contribution in [0.1, 0.15) is 23.0 Å². The maximum atomic E-state index is 12.3. The SMILES string of the molecule is CC1CC1CN(C)C(=O)c1sc(N(C)C)nc1N. The first-order valence-electron chi connectivity index (χ1n) is 6.09. The van der Waals surface area contributed by atoms with Crippen LogP contribution in [0.4, 0.5) is 10.9 Å². The summed E-state index contributed by atoms with van der Waals surface area (Å²) < 4.78 is 0. The van der Waals surface area contributed by atoms with Crippen LogP contribution in [0.2, 0.25) is 0 Å². The number of nitrogens with zero attached hydrogens (tertiary/aromatic N) is 3. The van der Waals surface area contributed by atoms with E-state index < -0.39 is 0 Å². The number of aromatic nitrogens is 1. The number of hydrogen-bond acceptors (Lipinski definition) is 5. The Labute approximate surface area is 112 Å². The molecule has 0 aliphatic heterocycles. The van der Waals surface area contributed by atoms with Crippen molar-refractivity contribution in [3.8, 4) is 0 Å². The van der Waals surface area contributed by atoms with Crippen molar-refractivity contribution in [3.05, 3.63) is 4.88 Å². The van der Waals surface area contributed by atoms with Gasteiger partial charge in [-0.05, 0) is 18.3 Å². The van der Waals surface area contributed by atoms with Gasteiger partial charge in [0.2, 0.25) is 0 Å². The lowest BCUT2D eigenvalue weighted by Gasteiger charge is -2.16. The van der Waals surface area contributed by atoms with Gasteiger partial charge in [-0.3, -0.25) is 4.79 Å². The van der Waals surface area contributed by atoms with Crippen LogP contribution in [-0.2, 0) is 0 Å². The van der Waals surface area contributed by atoms with Crippen LogP contribution in [-0.4, -0.2) is 43.5 Å². The molecule has 0 bridgehead atoms. The van der Waals surface area contributed by atoms with E-state index in [-0.39, 0.29) is 5.91 Å². The highest BCUT2D eigenvalue weighted by Gasteiger charge is 2.34. The van der Waals surface area contributed by atoms with Crippen LogP contribution in [0.25, 0.3) is 0 Å². The minimum Gasteiger partial charge on any atom is -0.382 e. The molecule has 0 saturated heterocycles. The van der Waals surface area contributed by atoms with Gasteiger partial charge in [-0.15, -0.1) is 0 Å². The summed E-state index contributed by atoms with van der Waals surface area (Å²) >= 11 is 1.35. The first-order valence-corrected chi connectivity index (χ1v) is 6.91. The molecule has 5 nitrogen and oxygen atoms in total. The molecule has 1 aliphatic carbocycles. The summed E-state index contributed by atoms with van der Waals surface area (Å²) in [6.45, 7) is 3.03. The minimum absolute atomic E-state index is 0.0165. The highest BCUT2D eigenvalue weighted by Crippen LogP contribution is 2.38. The summed E-state index contributed by atoms with van der Waals surface area (Å²) in [6, 6.07) is 0. The molecule has 1 amide bonds. The summed E-state index contributed by atoms with van der Waals surface area (Å²) in [5.74, 6) is 1.72. The van der Waals surface area contributed by atoms with Crippen LogP contribution in [0.3, 0.4) is 0 Å². The third-order valence-electron chi connectivity index (χ3n) is 3.35. The maximum absolute atomic E-state index is 12.3. The number of anilines is 2. The average molecular weight is 268 g/mol. The zero-order valence-electron chi connectivity index (χ0n) is 11.3. The van der Waals surface area contributed by atoms with E-state index in [0.717, 1.165) is 17.6 Å². The number of rotatable bonds is 4. The van der Waals surface area contributed by atoms with Crippen molar-refractivity contribution in [1.82, 2.24) is 9.88 Å². The lowest BCUT2D eigenvalue weighted by atomic mass is 10.3. The van der Waals surface area contributed by atoms with Crippen LogP contribution < -0.4 is 10.6 Å². The largest absolute Gasteiger partial charge is 0.382 e. The number of carbonyl (C=O) groups is 1. The molecule has 1 fully saturated rings. The Kier molecular flexibility index (Phi) is 3.47. The van der Waals surface area contributed by atoms with E-state index in [1.54, 1.807) is 4.90 Å². The molecule has 18 heavy (non-hydrogen) atoms. The molecule has 0 spiro atoms. The minimum atomic E-state index is -0.0165. The van der Waals surface area contributed by atoms with E-state index in [0.29, 0.717) is 16.6 Å². The quantitative estimate of drug-likeness (QED) is 0.899. The molecule has 0 radical (unpaired) electrons. The monoisotopic (exact) mass is 268 g/mol. The molecular weight excluding hydrogens is 248 g/mol. The van der Waals surface area contributed by atoms with Crippen molar-refractivity contribution >= 4 is 28.2 Å². The van der Waals surface area contributed by atoms with Gasteiger partial charge in [0.1, 0.15) is 10.7 Å². The number of nitrogen functional groups attached to an aromatic ring is 1. The van der Waals surface area contributed by atoms with E-state index in [4.69, 9.17) is 5.73 Å². The Hall–Kier alpha value is -1.30. The van der Waals surface area contributed by atoms with Gasteiger partial charge < -0.3 is 15.5 Å².